The Morgan fingerprint density at radius 2 is 1.53 bits per heavy atom. The van der Waals surface area contributed by atoms with Crippen LogP contribution < -0.4 is 15.5 Å². The van der Waals surface area contributed by atoms with Crippen LogP contribution in [0.4, 0.5) is 23.1 Å². The van der Waals surface area contributed by atoms with Gasteiger partial charge in [-0.1, -0.05) is 17.7 Å². The van der Waals surface area contributed by atoms with E-state index in [0.29, 0.717) is 5.56 Å². The van der Waals surface area contributed by atoms with E-state index in [9.17, 15) is 4.79 Å². The lowest BCUT2D eigenvalue weighted by Crippen LogP contribution is -2.31. The SMILES string of the molecule is Cc1ccc(C(=O)Nc2ccc(Nc3cc(C)nc(N4CCCCC4)n3)cc2)cc1. The number of benzene rings is 2. The Balaban J connectivity index is 1.42. The molecule has 1 fully saturated rings. The lowest BCUT2D eigenvalue weighted by Gasteiger charge is -2.27. The summed E-state index contributed by atoms with van der Waals surface area (Å²) in [5.74, 6) is 1.45. The fraction of sp³-hybridized carbons (Fsp3) is 0.292. The predicted octanol–water partition coefficient (Wildman–Crippen LogP) is 5.08. The van der Waals surface area contributed by atoms with Gasteiger partial charge in [-0.15, -0.1) is 0 Å². The van der Waals surface area contributed by atoms with Crippen molar-refractivity contribution in [1.82, 2.24) is 9.97 Å². The minimum absolute atomic E-state index is 0.117. The number of carbonyl (C=O) groups excluding carboxylic acids is 1. The highest BCUT2D eigenvalue weighted by Crippen LogP contribution is 2.22. The summed E-state index contributed by atoms with van der Waals surface area (Å²) >= 11 is 0. The first-order chi connectivity index (χ1) is 14.6. The van der Waals surface area contributed by atoms with E-state index in [1.807, 2.05) is 68.4 Å². The van der Waals surface area contributed by atoms with E-state index in [1.54, 1.807) is 0 Å². The maximum Gasteiger partial charge on any atom is 0.255 e. The Kier molecular flexibility index (Phi) is 5.93. The van der Waals surface area contributed by atoms with E-state index >= 15 is 0 Å². The number of piperidine rings is 1. The summed E-state index contributed by atoms with van der Waals surface area (Å²) in [6, 6.07) is 17.1. The maximum atomic E-state index is 12.4. The fourth-order valence-electron chi connectivity index (χ4n) is 3.55. The van der Waals surface area contributed by atoms with E-state index in [0.717, 1.165) is 47.5 Å². The van der Waals surface area contributed by atoms with E-state index in [4.69, 9.17) is 4.98 Å². The van der Waals surface area contributed by atoms with E-state index in [-0.39, 0.29) is 5.91 Å². The maximum absolute atomic E-state index is 12.4. The minimum atomic E-state index is -0.117. The molecule has 0 unspecified atom stereocenters. The average Bonchev–Trinajstić information content (AvgIpc) is 2.76. The molecule has 154 valence electrons. The van der Waals surface area contributed by atoms with E-state index in [2.05, 4.69) is 20.5 Å². The molecule has 2 heterocycles. The molecule has 1 saturated heterocycles. The molecule has 0 atom stereocenters. The van der Waals surface area contributed by atoms with Crippen molar-refractivity contribution in [3.63, 3.8) is 0 Å². The second-order valence-corrected chi connectivity index (χ2v) is 7.76. The van der Waals surface area contributed by atoms with Crippen molar-refractivity contribution in [2.75, 3.05) is 28.6 Å². The van der Waals surface area contributed by atoms with Crippen molar-refractivity contribution in [2.45, 2.75) is 33.1 Å². The number of hydrogen-bond donors (Lipinski definition) is 2. The molecule has 2 aromatic carbocycles. The normalized spacial score (nSPS) is 13.7. The van der Waals surface area contributed by atoms with Gasteiger partial charge in [0.2, 0.25) is 5.95 Å². The molecule has 3 aromatic rings. The molecule has 4 rings (SSSR count). The number of amides is 1. The van der Waals surface area contributed by atoms with E-state index in [1.165, 1.54) is 19.3 Å². The number of nitrogens with one attached hydrogen (secondary N) is 2. The average molecular weight is 402 g/mol. The van der Waals surface area contributed by atoms with Gasteiger partial charge in [0.1, 0.15) is 5.82 Å². The lowest BCUT2D eigenvalue weighted by atomic mass is 10.1. The molecule has 1 aliphatic heterocycles. The predicted molar refractivity (Wildman–Crippen MR) is 122 cm³/mol. The molecule has 0 saturated carbocycles. The second-order valence-electron chi connectivity index (χ2n) is 7.76. The van der Waals surface area contributed by atoms with Crippen LogP contribution in [0.1, 0.15) is 40.9 Å². The Morgan fingerprint density at radius 1 is 0.867 bits per heavy atom. The Morgan fingerprint density at radius 3 is 2.23 bits per heavy atom. The van der Waals surface area contributed by atoms with Crippen molar-refractivity contribution < 1.29 is 4.79 Å². The van der Waals surface area contributed by atoms with Gasteiger partial charge < -0.3 is 15.5 Å². The molecule has 0 bridgehead atoms. The van der Waals surface area contributed by atoms with Crippen LogP contribution in [0.15, 0.2) is 54.6 Å². The number of anilines is 4. The van der Waals surface area contributed by atoms with Crippen LogP contribution in [0.25, 0.3) is 0 Å². The third-order valence-electron chi connectivity index (χ3n) is 5.21. The van der Waals surface area contributed by atoms with Gasteiger partial charge in [-0.05, 0) is 69.5 Å². The zero-order valence-corrected chi connectivity index (χ0v) is 17.5. The van der Waals surface area contributed by atoms with Crippen LogP contribution in [0.5, 0.6) is 0 Å². The van der Waals surface area contributed by atoms with Gasteiger partial charge in [-0.25, -0.2) is 4.98 Å². The number of carbonyl (C=O) groups is 1. The molecule has 0 radical (unpaired) electrons. The van der Waals surface area contributed by atoms with Crippen molar-refractivity contribution in [3.8, 4) is 0 Å². The summed E-state index contributed by atoms with van der Waals surface area (Å²) < 4.78 is 0. The molecule has 2 N–H and O–H groups in total. The van der Waals surface area contributed by atoms with Gasteiger partial charge in [-0.3, -0.25) is 4.79 Å². The van der Waals surface area contributed by atoms with Crippen LogP contribution in [0, 0.1) is 13.8 Å². The molecule has 30 heavy (non-hydrogen) atoms. The van der Waals surface area contributed by atoms with Crippen molar-refractivity contribution in [3.05, 3.63) is 71.4 Å². The van der Waals surface area contributed by atoms with Crippen LogP contribution in [0.3, 0.4) is 0 Å². The van der Waals surface area contributed by atoms with Gasteiger partial charge in [-0.2, -0.15) is 4.98 Å². The number of rotatable bonds is 5. The van der Waals surface area contributed by atoms with Crippen molar-refractivity contribution in [2.24, 2.45) is 0 Å². The number of aromatic nitrogens is 2. The zero-order valence-electron chi connectivity index (χ0n) is 17.5. The highest BCUT2D eigenvalue weighted by Gasteiger charge is 2.14. The number of aryl methyl sites for hydroxylation is 2. The smallest absolute Gasteiger partial charge is 0.255 e. The highest BCUT2D eigenvalue weighted by molar-refractivity contribution is 6.04. The largest absolute Gasteiger partial charge is 0.341 e. The lowest BCUT2D eigenvalue weighted by molar-refractivity contribution is 0.102. The van der Waals surface area contributed by atoms with Crippen LogP contribution >= 0.6 is 0 Å². The van der Waals surface area contributed by atoms with Crippen LogP contribution in [-0.4, -0.2) is 29.0 Å². The second kappa shape index (κ2) is 8.95. The first-order valence-corrected chi connectivity index (χ1v) is 10.4. The molecule has 0 aliphatic carbocycles. The summed E-state index contributed by atoms with van der Waals surface area (Å²) in [4.78, 5) is 23.9. The molecule has 1 aromatic heterocycles. The summed E-state index contributed by atoms with van der Waals surface area (Å²) in [5, 5.41) is 6.28. The fourth-order valence-corrected chi connectivity index (χ4v) is 3.55. The summed E-state index contributed by atoms with van der Waals surface area (Å²) in [5.41, 5.74) is 4.37. The molecule has 0 spiro atoms. The quantitative estimate of drug-likeness (QED) is 0.624. The molecule has 1 amide bonds. The van der Waals surface area contributed by atoms with Crippen LogP contribution in [-0.2, 0) is 0 Å². The number of nitrogens with zero attached hydrogens (tertiary/aromatic N) is 3. The summed E-state index contributed by atoms with van der Waals surface area (Å²) in [6.45, 7) is 6.02. The van der Waals surface area contributed by atoms with Crippen molar-refractivity contribution in [1.29, 1.82) is 0 Å². The summed E-state index contributed by atoms with van der Waals surface area (Å²) in [6.07, 6.45) is 3.66. The van der Waals surface area contributed by atoms with Gasteiger partial charge in [0.05, 0.1) is 0 Å². The van der Waals surface area contributed by atoms with E-state index < -0.39 is 0 Å². The van der Waals surface area contributed by atoms with Crippen molar-refractivity contribution >= 4 is 29.0 Å². The highest BCUT2D eigenvalue weighted by atomic mass is 16.1. The first-order valence-electron chi connectivity index (χ1n) is 10.4. The van der Waals surface area contributed by atoms with Gasteiger partial charge in [0, 0.05) is 41.8 Å². The molecule has 6 nitrogen and oxygen atoms in total. The molecular formula is C24H27N5O. The van der Waals surface area contributed by atoms with Crippen LogP contribution in [0.2, 0.25) is 0 Å². The Hall–Kier alpha value is -3.41. The Labute approximate surface area is 177 Å². The van der Waals surface area contributed by atoms with Gasteiger partial charge in [0.25, 0.3) is 5.91 Å². The topological polar surface area (TPSA) is 70.2 Å². The Bertz CT molecular complexity index is 1010. The van der Waals surface area contributed by atoms with Gasteiger partial charge in [0.15, 0.2) is 0 Å². The summed E-state index contributed by atoms with van der Waals surface area (Å²) in [7, 11) is 0. The zero-order chi connectivity index (χ0) is 20.9. The monoisotopic (exact) mass is 401 g/mol. The van der Waals surface area contributed by atoms with Gasteiger partial charge >= 0.3 is 0 Å². The first kappa shape index (κ1) is 19.9. The molecular weight excluding hydrogens is 374 g/mol. The molecule has 6 heteroatoms. The number of hydrogen-bond acceptors (Lipinski definition) is 5. The third-order valence-corrected chi connectivity index (χ3v) is 5.21. The standard InChI is InChI=1S/C24H27N5O/c1-17-6-8-19(9-7-17)23(30)27-21-12-10-20(11-13-21)26-22-16-18(2)25-24(28-22)29-14-4-3-5-15-29/h6-13,16H,3-5,14-15H2,1-2H3,(H,27,30)(H,25,26,28). The minimum Gasteiger partial charge on any atom is -0.341 e. The third kappa shape index (κ3) is 4.95. The molecule has 1 aliphatic rings.